The SMILES string of the molecule is CC[C@@H]1O[C@@]12CCCCC2=O. The number of rotatable bonds is 1. The van der Waals surface area contributed by atoms with Crippen molar-refractivity contribution in [3.63, 3.8) is 0 Å². The van der Waals surface area contributed by atoms with Crippen LogP contribution in [0.25, 0.3) is 0 Å². The van der Waals surface area contributed by atoms with Gasteiger partial charge in [-0.15, -0.1) is 0 Å². The van der Waals surface area contributed by atoms with E-state index in [-0.39, 0.29) is 11.7 Å². The number of ether oxygens (including phenoxy) is 1. The highest BCUT2D eigenvalue weighted by Crippen LogP contribution is 2.47. The van der Waals surface area contributed by atoms with Crippen LogP contribution in [0.5, 0.6) is 0 Å². The third kappa shape index (κ3) is 0.924. The number of hydrogen-bond donors (Lipinski definition) is 0. The minimum absolute atomic E-state index is 0.260. The van der Waals surface area contributed by atoms with Gasteiger partial charge in [0.25, 0.3) is 0 Å². The molecule has 0 aromatic heterocycles. The molecule has 2 atom stereocenters. The number of carbonyl (C=O) groups excluding carboxylic acids is 1. The van der Waals surface area contributed by atoms with Crippen LogP contribution in [-0.2, 0) is 9.53 Å². The van der Waals surface area contributed by atoms with Crippen molar-refractivity contribution < 1.29 is 9.53 Å². The van der Waals surface area contributed by atoms with Crippen LogP contribution in [0.3, 0.4) is 0 Å². The first-order valence-electron chi connectivity index (χ1n) is 4.51. The zero-order chi connectivity index (χ0) is 7.90. The van der Waals surface area contributed by atoms with Gasteiger partial charge < -0.3 is 4.74 Å². The number of epoxide rings is 1. The second-order valence-corrected chi connectivity index (χ2v) is 3.53. The van der Waals surface area contributed by atoms with Crippen LogP contribution >= 0.6 is 0 Å². The number of Topliss-reactive ketones (excluding diaryl/α,β-unsaturated/α-hetero) is 1. The molecule has 62 valence electrons. The summed E-state index contributed by atoms with van der Waals surface area (Å²) < 4.78 is 5.46. The molecule has 2 fully saturated rings. The summed E-state index contributed by atoms with van der Waals surface area (Å²) in [7, 11) is 0. The molecule has 11 heavy (non-hydrogen) atoms. The molecule has 2 rings (SSSR count). The van der Waals surface area contributed by atoms with Gasteiger partial charge in [0, 0.05) is 6.42 Å². The molecule has 0 aromatic rings. The second-order valence-electron chi connectivity index (χ2n) is 3.53. The summed E-state index contributed by atoms with van der Waals surface area (Å²) >= 11 is 0. The molecule has 1 aliphatic heterocycles. The quantitative estimate of drug-likeness (QED) is 0.538. The smallest absolute Gasteiger partial charge is 0.167 e. The van der Waals surface area contributed by atoms with Crippen LogP contribution in [0.2, 0.25) is 0 Å². The Balaban J connectivity index is 2.07. The van der Waals surface area contributed by atoms with Crippen molar-refractivity contribution in [1.29, 1.82) is 0 Å². The first-order chi connectivity index (χ1) is 5.29. The third-order valence-corrected chi connectivity index (χ3v) is 2.86. The van der Waals surface area contributed by atoms with Crippen molar-refractivity contribution in [3.05, 3.63) is 0 Å². The maximum Gasteiger partial charge on any atom is 0.167 e. The zero-order valence-corrected chi connectivity index (χ0v) is 6.93. The van der Waals surface area contributed by atoms with E-state index in [1.54, 1.807) is 0 Å². The maximum absolute atomic E-state index is 11.4. The number of carbonyl (C=O) groups is 1. The molecule has 1 saturated heterocycles. The Kier molecular flexibility index (Phi) is 1.53. The Labute approximate surface area is 66.9 Å². The van der Waals surface area contributed by atoms with Gasteiger partial charge >= 0.3 is 0 Å². The Morgan fingerprint density at radius 3 is 3.00 bits per heavy atom. The molecule has 0 N–H and O–H groups in total. The van der Waals surface area contributed by atoms with Crippen molar-refractivity contribution >= 4 is 5.78 Å². The third-order valence-electron chi connectivity index (χ3n) is 2.86. The molecule has 0 aromatic carbocycles. The van der Waals surface area contributed by atoms with Gasteiger partial charge in [-0.2, -0.15) is 0 Å². The van der Waals surface area contributed by atoms with E-state index in [1.807, 2.05) is 0 Å². The summed E-state index contributed by atoms with van der Waals surface area (Å²) in [5.74, 6) is 0.357. The van der Waals surface area contributed by atoms with Gasteiger partial charge in [0.2, 0.25) is 0 Å². The Morgan fingerprint density at radius 1 is 1.64 bits per heavy atom. The number of ketones is 1. The largest absolute Gasteiger partial charge is 0.358 e. The second kappa shape index (κ2) is 2.31. The molecule has 0 bridgehead atoms. The predicted molar refractivity (Wildman–Crippen MR) is 41.4 cm³/mol. The van der Waals surface area contributed by atoms with E-state index in [9.17, 15) is 4.79 Å². The molecule has 1 spiro atoms. The molecule has 0 radical (unpaired) electrons. The van der Waals surface area contributed by atoms with Crippen molar-refractivity contribution in [3.8, 4) is 0 Å². The Morgan fingerprint density at radius 2 is 2.45 bits per heavy atom. The Bertz CT molecular complexity index is 188. The van der Waals surface area contributed by atoms with Crippen LogP contribution in [-0.4, -0.2) is 17.5 Å². The van der Waals surface area contributed by atoms with Crippen molar-refractivity contribution in [1.82, 2.24) is 0 Å². The van der Waals surface area contributed by atoms with E-state index < -0.39 is 0 Å². The van der Waals surface area contributed by atoms with Crippen molar-refractivity contribution in [2.75, 3.05) is 0 Å². The van der Waals surface area contributed by atoms with Gasteiger partial charge in [-0.25, -0.2) is 0 Å². The zero-order valence-electron chi connectivity index (χ0n) is 6.93. The van der Waals surface area contributed by atoms with Crippen LogP contribution in [0, 0.1) is 0 Å². The van der Waals surface area contributed by atoms with Crippen LogP contribution in [0.1, 0.15) is 39.0 Å². The predicted octanol–water partition coefficient (Wildman–Crippen LogP) is 1.68. The summed E-state index contributed by atoms with van der Waals surface area (Å²) in [6.45, 7) is 2.08. The molecule has 2 aliphatic rings. The van der Waals surface area contributed by atoms with Gasteiger partial charge in [-0.05, 0) is 25.7 Å². The molecular weight excluding hydrogens is 140 g/mol. The Hall–Kier alpha value is -0.370. The van der Waals surface area contributed by atoms with Crippen molar-refractivity contribution in [2.24, 2.45) is 0 Å². The van der Waals surface area contributed by atoms with Crippen LogP contribution in [0.4, 0.5) is 0 Å². The molecule has 1 saturated carbocycles. The molecular formula is C9H14O2. The lowest BCUT2D eigenvalue weighted by atomic mass is 9.84. The van der Waals surface area contributed by atoms with Crippen LogP contribution < -0.4 is 0 Å². The summed E-state index contributed by atoms with van der Waals surface area (Å²) in [6.07, 6.45) is 5.21. The fraction of sp³-hybridized carbons (Fsp3) is 0.889. The molecule has 0 amide bonds. The van der Waals surface area contributed by atoms with Gasteiger partial charge in [0.05, 0.1) is 6.10 Å². The van der Waals surface area contributed by atoms with E-state index in [1.165, 1.54) is 6.42 Å². The highest BCUT2D eigenvalue weighted by atomic mass is 16.6. The van der Waals surface area contributed by atoms with E-state index in [0.29, 0.717) is 5.78 Å². The summed E-state index contributed by atoms with van der Waals surface area (Å²) in [6, 6.07) is 0. The first-order valence-corrected chi connectivity index (χ1v) is 4.51. The molecule has 0 unspecified atom stereocenters. The molecule has 2 nitrogen and oxygen atoms in total. The van der Waals surface area contributed by atoms with Crippen molar-refractivity contribution in [2.45, 2.75) is 50.7 Å². The average molecular weight is 154 g/mol. The summed E-state index contributed by atoms with van der Waals surface area (Å²) in [4.78, 5) is 11.4. The lowest BCUT2D eigenvalue weighted by molar-refractivity contribution is -0.125. The van der Waals surface area contributed by atoms with E-state index in [4.69, 9.17) is 4.74 Å². The van der Waals surface area contributed by atoms with Gasteiger partial charge in [0.1, 0.15) is 0 Å². The van der Waals surface area contributed by atoms with E-state index in [2.05, 4.69) is 6.92 Å². The fourth-order valence-electron chi connectivity index (χ4n) is 2.12. The maximum atomic E-state index is 11.4. The van der Waals surface area contributed by atoms with Gasteiger partial charge in [0.15, 0.2) is 11.4 Å². The number of hydrogen-bond acceptors (Lipinski definition) is 2. The lowest BCUT2D eigenvalue weighted by Gasteiger charge is -2.16. The average Bonchev–Trinajstić information content (AvgIpc) is 2.72. The van der Waals surface area contributed by atoms with Gasteiger partial charge in [-0.3, -0.25) is 4.79 Å². The molecule has 2 heteroatoms. The van der Waals surface area contributed by atoms with E-state index >= 15 is 0 Å². The minimum atomic E-state index is -0.285. The van der Waals surface area contributed by atoms with Crippen LogP contribution in [0.15, 0.2) is 0 Å². The first kappa shape index (κ1) is 7.29. The monoisotopic (exact) mass is 154 g/mol. The highest BCUT2D eigenvalue weighted by Gasteiger charge is 2.60. The van der Waals surface area contributed by atoms with E-state index in [0.717, 1.165) is 25.7 Å². The minimum Gasteiger partial charge on any atom is -0.358 e. The standard InChI is InChI=1S/C9H14O2/c1-2-8-9(11-8)6-4-3-5-7(9)10/h8H,2-6H2,1H3/t8-,9+/m0/s1. The normalized spacial score (nSPS) is 43.0. The summed E-state index contributed by atoms with van der Waals surface area (Å²) in [5, 5.41) is 0. The topological polar surface area (TPSA) is 29.6 Å². The molecule has 1 aliphatic carbocycles. The molecule has 1 heterocycles. The lowest BCUT2D eigenvalue weighted by Crippen LogP contribution is -2.30. The highest BCUT2D eigenvalue weighted by molar-refractivity contribution is 5.91. The summed E-state index contributed by atoms with van der Waals surface area (Å²) in [5.41, 5.74) is -0.285. The van der Waals surface area contributed by atoms with Gasteiger partial charge in [-0.1, -0.05) is 6.92 Å². The fourth-order valence-corrected chi connectivity index (χ4v) is 2.12.